The molecule has 27 heavy (non-hydrogen) atoms. The van der Waals surface area contributed by atoms with Crippen LogP contribution in [0.25, 0.3) is 16.2 Å². The van der Waals surface area contributed by atoms with Gasteiger partial charge in [-0.2, -0.15) is 0 Å². The number of halogens is 1. The number of carbonyl (C=O) groups is 1. The molecule has 0 fully saturated rings. The number of imidazole rings is 1. The molecule has 2 aromatic heterocycles. The lowest BCUT2D eigenvalue weighted by atomic mass is 10.0. The molecule has 0 bridgehead atoms. The molecule has 1 amide bonds. The van der Waals surface area contributed by atoms with Crippen LogP contribution < -0.4 is 5.32 Å². The first kappa shape index (κ1) is 17.8. The number of aryl methyl sites for hydroxylation is 2. The second-order valence-electron chi connectivity index (χ2n) is 6.54. The van der Waals surface area contributed by atoms with Crippen molar-refractivity contribution in [3.63, 3.8) is 0 Å². The number of rotatable bonds is 4. The first-order valence-corrected chi connectivity index (χ1v) is 9.84. The Balaban J connectivity index is 1.57. The van der Waals surface area contributed by atoms with Crippen molar-refractivity contribution in [3.8, 4) is 11.3 Å². The average molecular weight is 396 g/mol. The van der Waals surface area contributed by atoms with Crippen LogP contribution in [0.4, 0.5) is 5.69 Å². The van der Waals surface area contributed by atoms with Crippen molar-refractivity contribution >= 4 is 39.5 Å². The summed E-state index contributed by atoms with van der Waals surface area (Å²) in [6.07, 6.45) is 2.27. The first-order valence-electron chi connectivity index (χ1n) is 8.58. The molecule has 136 valence electrons. The van der Waals surface area contributed by atoms with E-state index in [-0.39, 0.29) is 12.3 Å². The fourth-order valence-corrected chi connectivity index (χ4v) is 4.00. The Labute approximate surface area is 166 Å². The third kappa shape index (κ3) is 3.75. The lowest BCUT2D eigenvalue weighted by molar-refractivity contribution is -0.115. The predicted octanol–water partition coefficient (Wildman–Crippen LogP) is 5.51. The van der Waals surface area contributed by atoms with Crippen LogP contribution in [0.3, 0.4) is 0 Å². The third-order valence-electron chi connectivity index (χ3n) is 4.54. The fourth-order valence-electron chi connectivity index (χ4n) is 2.93. The van der Waals surface area contributed by atoms with Crippen LogP contribution in [-0.2, 0) is 11.2 Å². The van der Waals surface area contributed by atoms with Crippen molar-refractivity contribution < 1.29 is 4.79 Å². The van der Waals surface area contributed by atoms with Gasteiger partial charge in [-0.25, -0.2) is 4.98 Å². The molecular formula is C21H18ClN3OS. The van der Waals surface area contributed by atoms with Crippen molar-refractivity contribution in [1.82, 2.24) is 9.38 Å². The van der Waals surface area contributed by atoms with Crippen LogP contribution >= 0.6 is 22.9 Å². The van der Waals surface area contributed by atoms with Gasteiger partial charge in [0, 0.05) is 33.5 Å². The number of carbonyl (C=O) groups excluding carboxylic acids is 1. The number of hydrogen-bond acceptors (Lipinski definition) is 3. The van der Waals surface area contributed by atoms with E-state index >= 15 is 0 Å². The van der Waals surface area contributed by atoms with Crippen molar-refractivity contribution in [2.45, 2.75) is 20.3 Å². The molecule has 6 heteroatoms. The quantitative estimate of drug-likeness (QED) is 0.495. The summed E-state index contributed by atoms with van der Waals surface area (Å²) in [5.41, 5.74) is 6.12. The number of hydrogen-bond donors (Lipinski definition) is 1. The maximum atomic E-state index is 12.4. The molecule has 2 aromatic carbocycles. The molecule has 0 atom stereocenters. The largest absolute Gasteiger partial charge is 0.326 e. The number of thiazole rings is 1. The molecular weight excluding hydrogens is 378 g/mol. The van der Waals surface area contributed by atoms with E-state index < -0.39 is 0 Å². The van der Waals surface area contributed by atoms with Gasteiger partial charge in [0.1, 0.15) is 0 Å². The highest BCUT2D eigenvalue weighted by Crippen LogP contribution is 2.25. The molecule has 0 saturated heterocycles. The number of aromatic nitrogens is 2. The molecule has 0 unspecified atom stereocenters. The second-order valence-corrected chi connectivity index (χ2v) is 7.81. The van der Waals surface area contributed by atoms with Crippen molar-refractivity contribution in [2.75, 3.05) is 5.32 Å². The minimum atomic E-state index is -0.0848. The van der Waals surface area contributed by atoms with Gasteiger partial charge >= 0.3 is 0 Å². The summed E-state index contributed by atoms with van der Waals surface area (Å²) in [6.45, 7) is 4.20. The van der Waals surface area contributed by atoms with Crippen LogP contribution in [-0.4, -0.2) is 15.3 Å². The molecule has 4 rings (SSSR count). The van der Waals surface area contributed by atoms with Gasteiger partial charge in [0.05, 0.1) is 12.1 Å². The fraction of sp³-hybridized carbons (Fsp3) is 0.143. The minimum absolute atomic E-state index is 0.0848. The number of amides is 1. The molecule has 1 N–H and O–H groups in total. The van der Waals surface area contributed by atoms with Crippen molar-refractivity contribution in [1.29, 1.82) is 0 Å². The Bertz CT molecular complexity index is 1150. The Morgan fingerprint density at radius 1 is 1.19 bits per heavy atom. The topological polar surface area (TPSA) is 46.4 Å². The maximum Gasteiger partial charge on any atom is 0.230 e. The van der Waals surface area contributed by atoms with E-state index in [2.05, 4.69) is 37.4 Å². The summed E-state index contributed by atoms with van der Waals surface area (Å²) in [6, 6.07) is 13.5. The number of anilines is 1. The third-order valence-corrected chi connectivity index (χ3v) is 5.66. The first-order chi connectivity index (χ1) is 13.0. The van der Waals surface area contributed by atoms with Gasteiger partial charge in [-0.3, -0.25) is 9.20 Å². The summed E-state index contributed by atoms with van der Waals surface area (Å²) in [4.78, 5) is 18.0. The van der Waals surface area contributed by atoms with E-state index in [1.807, 2.05) is 28.1 Å². The van der Waals surface area contributed by atoms with Gasteiger partial charge in [0.25, 0.3) is 0 Å². The molecule has 0 spiro atoms. The highest BCUT2D eigenvalue weighted by Gasteiger charge is 2.13. The van der Waals surface area contributed by atoms with Gasteiger partial charge in [-0.1, -0.05) is 29.8 Å². The van der Waals surface area contributed by atoms with Crippen molar-refractivity contribution in [2.24, 2.45) is 0 Å². The Hall–Kier alpha value is -2.63. The highest BCUT2D eigenvalue weighted by molar-refractivity contribution is 7.15. The highest BCUT2D eigenvalue weighted by atomic mass is 35.5. The zero-order valence-electron chi connectivity index (χ0n) is 15.0. The molecule has 0 aliphatic carbocycles. The molecule has 4 aromatic rings. The molecule has 0 aliphatic rings. The normalized spacial score (nSPS) is 11.1. The van der Waals surface area contributed by atoms with E-state index in [0.29, 0.717) is 10.7 Å². The smallest absolute Gasteiger partial charge is 0.230 e. The second kappa shape index (κ2) is 7.18. The summed E-state index contributed by atoms with van der Waals surface area (Å²) in [5.74, 6) is -0.0848. The molecule has 4 nitrogen and oxygen atoms in total. The number of nitrogens with one attached hydrogen (secondary N) is 1. The Kier molecular flexibility index (Phi) is 4.72. The van der Waals surface area contributed by atoms with E-state index in [1.54, 1.807) is 12.1 Å². The zero-order chi connectivity index (χ0) is 19.0. The van der Waals surface area contributed by atoms with Gasteiger partial charge in [-0.15, -0.1) is 11.3 Å². The lowest BCUT2D eigenvalue weighted by Gasteiger charge is -2.05. The molecule has 2 heterocycles. The Morgan fingerprint density at radius 3 is 2.81 bits per heavy atom. The van der Waals surface area contributed by atoms with Crippen LogP contribution in [0.1, 0.15) is 16.8 Å². The average Bonchev–Trinajstić information content (AvgIpc) is 3.19. The predicted molar refractivity (Wildman–Crippen MR) is 112 cm³/mol. The standard InChI is InChI=1S/C21H18ClN3OS/c1-13-6-7-15(8-14(13)2)19-11-25-18(12-27-21(25)24-19)10-20(26)23-17-5-3-4-16(22)9-17/h3-9,11-12H,10H2,1-2H3,(H,23,26). The van der Waals surface area contributed by atoms with E-state index in [4.69, 9.17) is 16.6 Å². The van der Waals surface area contributed by atoms with Crippen molar-refractivity contribution in [3.05, 3.63) is 75.9 Å². The lowest BCUT2D eigenvalue weighted by Crippen LogP contribution is -2.15. The summed E-state index contributed by atoms with van der Waals surface area (Å²) in [5, 5.41) is 5.46. The molecule has 0 aliphatic heterocycles. The molecule has 0 radical (unpaired) electrons. The Morgan fingerprint density at radius 2 is 2.04 bits per heavy atom. The monoisotopic (exact) mass is 395 g/mol. The number of fused-ring (bicyclic) bond motifs is 1. The van der Waals surface area contributed by atoms with Crippen LogP contribution in [0.5, 0.6) is 0 Å². The summed E-state index contributed by atoms with van der Waals surface area (Å²) in [7, 11) is 0. The summed E-state index contributed by atoms with van der Waals surface area (Å²) < 4.78 is 1.99. The van der Waals surface area contributed by atoms with Gasteiger partial charge in [0.2, 0.25) is 5.91 Å². The maximum absolute atomic E-state index is 12.4. The van der Waals surface area contributed by atoms with Gasteiger partial charge < -0.3 is 5.32 Å². The van der Waals surface area contributed by atoms with E-state index in [0.717, 1.165) is 21.9 Å². The number of nitrogens with zero attached hydrogens (tertiary/aromatic N) is 2. The SMILES string of the molecule is Cc1ccc(-c2cn3c(CC(=O)Nc4cccc(Cl)c4)csc3n2)cc1C. The number of benzene rings is 2. The van der Waals surface area contributed by atoms with E-state index in [9.17, 15) is 4.79 Å². The van der Waals surface area contributed by atoms with Gasteiger partial charge in [-0.05, 0) is 49.2 Å². The van der Waals surface area contributed by atoms with Crippen LogP contribution in [0.15, 0.2) is 54.0 Å². The van der Waals surface area contributed by atoms with Crippen LogP contribution in [0.2, 0.25) is 5.02 Å². The summed E-state index contributed by atoms with van der Waals surface area (Å²) >= 11 is 7.51. The minimum Gasteiger partial charge on any atom is -0.326 e. The van der Waals surface area contributed by atoms with Crippen LogP contribution in [0, 0.1) is 13.8 Å². The van der Waals surface area contributed by atoms with Gasteiger partial charge in [0.15, 0.2) is 4.96 Å². The zero-order valence-corrected chi connectivity index (χ0v) is 16.6. The molecule has 0 saturated carbocycles. The van der Waals surface area contributed by atoms with E-state index in [1.165, 1.54) is 22.5 Å².